The quantitative estimate of drug-likeness (QED) is 0.706. The molecule has 17 heavy (non-hydrogen) atoms. The maximum absolute atomic E-state index is 5.39. The van der Waals surface area contributed by atoms with E-state index < -0.39 is 0 Å². The van der Waals surface area contributed by atoms with Crippen molar-refractivity contribution in [3.05, 3.63) is 0 Å². The normalized spacial score (nSPS) is 10.4. The summed E-state index contributed by atoms with van der Waals surface area (Å²) < 4.78 is 15.6. The Hall–Kier alpha value is -1.63. The van der Waals surface area contributed by atoms with Crippen molar-refractivity contribution in [3.8, 4) is 12.0 Å². The van der Waals surface area contributed by atoms with E-state index in [1.165, 1.54) is 0 Å². The molecule has 1 N–H and O–H groups in total. The van der Waals surface area contributed by atoms with Gasteiger partial charge >= 0.3 is 12.0 Å². The number of hydrogen-bond donors (Lipinski definition) is 1. The average molecular weight is 242 g/mol. The van der Waals surface area contributed by atoms with E-state index in [1.54, 1.807) is 14.2 Å². The molecule has 0 aliphatic rings. The van der Waals surface area contributed by atoms with Crippen LogP contribution in [0.5, 0.6) is 12.0 Å². The largest absolute Gasteiger partial charge is 0.461 e. The van der Waals surface area contributed by atoms with Crippen molar-refractivity contribution in [1.29, 1.82) is 0 Å². The molecule has 0 atom stereocenters. The van der Waals surface area contributed by atoms with E-state index in [9.17, 15) is 0 Å². The average Bonchev–Trinajstić information content (AvgIpc) is 2.28. The molecule has 96 valence electrons. The van der Waals surface area contributed by atoms with Gasteiger partial charge in [0.2, 0.25) is 5.95 Å². The molecule has 7 heteroatoms. The zero-order valence-corrected chi connectivity index (χ0v) is 10.6. The zero-order valence-electron chi connectivity index (χ0n) is 10.6. The Morgan fingerprint density at radius 1 is 1.12 bits per heavy atom. The molecule has 7 nitrogen and oxygen atoms in total. The molecule has 0 saturated carbocycles. The summed E-state index contributed by atoms with van der Waals surface area (Å²) in [6.07, 6.45) is -0.00562. The van der Waals surface area contributed by atoms with Crippen molar-refractivity contribution < 1.29 is 14.2 Å². The molecule has 0 amide bonds. The van der Waals surface area contributed by atoms with Crippen LogP contribution < -0.4 is 14.8 Å². The van der Waals surface area contributed by atoms with Gasteiger partial charge in [0.25, 0.3) is 0 Å². The first kappa shape index (κ1) is 13.4. The van der Waals surface area contributed by atoms with Gasteiger partial charge in [0.1, 0.15) is 6.61 Å². The highest BCUT2D eigenvalue weighted by molar-refractivity contribution is 5.26. The van der Waals surface area contributed by atoms with E-state index in [0.29, 0.717) is 19.2 Å². The molecule has 0 unspecified atom stereocenters. The lowest BCUT2D eigenvalue weighted by Gasteiger charge is -2.10. The summed E-state index contributed by atoms with van der Waals surface area (Å²) in [5.74, 6) is 0.406. The van der Waals surface area contributed by atoms with Crippen molar-refractivity contribution in [2.45, 2.75) is 20.0 Å². The van der Waals surface area contributed by atoms with Crippen LogP contribution in [-0.2, 0) is 4.74 Å². The zero-order chi connectivity index (χ0) is 12.7. The van der Waals surface area contributed by atoms with Crippen molar-refractivity contribution in [1.82, 2.24) is 15.0 Å². The number of aromatic nitrogens is 3. The predicted octanol–water partition coefficient (Wildman–Crippen LogP) is 0.726. The number of nitrogens with zero attached hydrogens (tertiary/aromatic N) is 3. The Labute approximate surface area is 101 Å². The van der Waals surface area contributed by atoms with Gasteiger partial charge in [0.15, 0.2) is 0 Å². The molecule has 0 radical (unpaired) electrons. The van der Waals surface area contributed by atoms with Crippen LogP contribution in [0.3, 0.4) is 0 Å². The molecule has 0 bridgehead atoms. The third kappa shape index (κ3) is 4.81. The van der Waals surface area contributed by atoms with Crippen molar-refractivity contribution in [2.24, 2.45) is 0 Å². The van der Waals surface area contributed by atoms with Crippen LogP contribution in [0.1, 0.15) is 13.8 Å². The highest BCUT2D eigenvalue weighted by atomic mass is 16.5. The van der Waals surface area contributed by atoms with Gasteiger partial charge in [-0.25, -0.2) is 0 Å². The molecule has 0 aliphatic heterocycles. The van der Waals surface area contributed by atoms with Gasteiger partial charge in [-0.15, -0.1) is 4.98 Å². The molecular formula is C10H18N4O3. The molecule has 1 heterocycles. The van der Waals surface area contributed by atoms with Crippen LogP contribution in [0.4, 0.5) is 5.95 Å². The summed E-state index contributed by atoms with van der Waals surface area (Å²) in [5, 5.41) is 2.82. The Kier molecular flexibility index (Phi) is 5.41. The third-order valence-electron chi connectivity index (χ3n) is 1.68. The van der Waals surface area contributed by atoms with Crippen molar-refractivity contribution in [3.63, 3.8) is 0 Å². The van der Waals surface area contributed by atoms with Crippen LogP contribution in [0, 0.1) is 0 Å². The van der Waals surface area contributed by atoms with Gasteiger partial charge in [0, 0.05) is 14.2 Å². The van der Waals surface area contributed by atoms with Crippen LogP contribution >= 0.6 is 0 Å². The lowest BCUT2D eigenvalue weighted by atomic mass is 10.5. The maximum atomic E-state index is 5.39. The molecule has 0 aromatic carbocycles. The molecule has 0 saturated heterocycles. The molecule has 0 fully saturated rings. The monoisotopic (exact) mass is 242 g/mol. The number of nitrogens with one attached hydrogen (secondary N) is 1. The molecular weight excluding hydrogens is 224 g/mol. The lowest BCUT2D eigenvalue weighted by Crippen LogP contribution is -2.13. The van der Waals surface area contributed by atoms with E-state index in [4.69, 9.17) is 14.2 Å². The fraction of sp³-hybridized carbons (Fsp3) is 0.700. The second-order valence-electron chi connectivity index (χ2n) is 3.48. The van der Waals surface area contributed by atoms with Crippen molar-refractivity contribution >= 4 is 5.95 Å². The highest BCUT2D eigenvalue weighted by Crippen LogP contribution is 2.13. The van der Waals surface area contributed by atoms with Gasteiger partial charge in [0.05, 0.1) is 12.7 Å². The standard InChI is InChI=1S/C10H18N4O3/c1-7(2)17-10-13-8(11-3)12-9(14-10)16-6-5-15-4/h7H,5-6H2,1-4H3,(H,11,12,13,14). The van der Waals surface area contributed by atoms with Gasteiger partial charge < -0.3 is 19.5 Å². The van der Waals surface area contributed by atoms with Crippen LogP contribution in [0.2, 0.25) is 0 Å². The molecule has 0 aliphatic carbocycles. The van der Waals surface area contributed by atoms with E-state index in [2.05, 4.69) is 20.3 Å². The minimum atomic E-state index is -0.00562. The van der Waals surface area contributed by atoms with E-state index in [-0.39, 0.29) is 18.1 Å². The van der Waals surface area contributed by atoms with E-state index in [0.717, 1.165) is 0 Å². The SMILES string of the molecule is CNc1nc(OCCOC)nc(OC(C)C)n1. The van der Waals surface area contributed by atoms with Gasteiger partial charge in [-0.1, -0.05) is 0 Å². The summed E-state index contributed by atoms with van der Waals surface area (Å²) in [6, 6.07) is 0.462. The Morgan fingerprint density at radius 2 is 1.82 bits per heavy atom. The fourth-order valence-corrected chi connectivity index (χ4v) is 0.994. The van der Waals surface area contributed by atoms with Crippen LogP contribution in [0.25, 0.3) is 0 Å². The summed E-state index contributed by atoms with van der Waals surface area (Å²) in [4.78, 5) is 12.1. The van der Waals surface area contributed by atoms with Crippen molar-refractivity contribution in [2.75, 3.05) is 32.7 Å². The predicted molar refractivity (Wildman–Crippen MR) is 62.5 cm³/mol. The minimum absolute atomic E-state index is 0.00562. The van der Waals surface area contributed by atoms with E-state index in [1.807, 2.05) is 13.8 Å². The number of anilines is 1. The lowest BCUT2D eigenvalue weighted by molar-refractivity contribution is 0.138. The first-order chi connectivity index (χ1) is 8.15. The van der Waals surface area contributed by atoms with Gasteiger partial charge in [-0.3, -0.25) is 0 Å². The first-order valence-electron chi connectivity index (χ1n) is 5.38. The van der Waals surface area contributed by atoms with Gasteiger partial charge in [-0.2, -0.15) is 9.97 Å². The third-order valence-corrected chi connectivity index (χ3v) is 1.68. The number of ether oxygens (including phenoxy) is 3. The summed E-state index contributed by atoms with van der Waals surface area (Å²) in [5.41, 5.74) is 0. The summed E-state index contributed by atoms with van der Waals surface area (Å²) in [7, 11) is 3.32. The fourth-order valence-electron chi connectivity index (χ4n) is 0.994. The molecule has 0 spiro atoms. The first-order valence-corrected chi connectivity index (χ1v) is 5.38. The second-order valence-corrected chi connectivity index (χ2v) is 3.48. The summed E-state index contributed by atoms with van der Waals surface area (Å²) in [6.45, 7) is 4.65. The number of rotatable bonds is 7. The van der Waals surface area contributed by atoms with Crippen LogP contribution in [-0.4, -0.2) is 48.4 Å². The second kappa shape index (κ2) is 6.85. The Bertz CT molecular complexity index is 346. The minimum Gasteiger partial charge on any atom is -0.461 e. The maximum Gasteiger partial charge on any atom is 0.324 e. The molecule has 1 rings (SSSR count). The summed E-state index contributed by atoms with van der Waals surface area (Å²) >= 11 is 0. The Balaban J connectivity index is 2.74. The Morgan fingerprint density at radius 3 is 2.41 bits per heavy atom. The number of hydrogen-bond acceptors (Lipinski definition) is 7. The number of methoxy groups -OCH3 is 1. The molecule has 1 aromatic rings. The highest BCUT2D eigenvalue weighted by Gasteiger charge is 2.08. The molecule has 1 aromatic heterocycles. The van der Waals surface area contributed by atoms with E-state index >= 15 is 0 Å². The van der Waals surface area contributed by atoms with Crippen LogP contribution in [0.15, 0.2) is 0 Å². The van der Waals surface area contributed by atoms with Gasteiger partial charge in [-0.05, 0) is 13.8 Å². The topological polar surface area (TPSA) is 78.4 Å². The smallest absolute Gasteiger partial charge is 0.324 e.